The number of aromatic nitrogens is 3. The van der Waals surface area contributed by atoms with Crippen LogP contribution in [-0.2, 0) is 20.3 Å². The Balaban J connectivity index is 1.78. The van der Waals surface area contributed by atoms with Crippen molar-refractivity contribution in [1.29, 1.82) is 0 Å². The van der Waals surface area contributed by atoms with E-state index in [1.165, 1.54) is 5.56 Å². The van der Waals surface area contributed by atoms with E-state index in [4.69, 9.17) is 35.4 Å². The number of hydrogen-bond acceptors (Lipinski definition) is 3. The molecule has 1 heterocycles. The van der Waals surface area contributed by atoms with E-state index in [1.807, 2.05) is 71.9 Å². The fraction of sp³-hybridized carbons (Fsp3) is 0.222. The van der Waals surface area contributed by atoms with Gasteiger partial charge in [0, 0.05) is 29.2 Å². The molecule has 25 heavy (non-hydrogen) atoms. The third-order valence-corrected chi connectivity index (χ3v) is 4.87. The van der Waals surface area contributed by atoms with Gasteiger partial charge >= 0.3 is 0 Å². The van der Waals surface area contributed by atoms with Crippen molar-refractivity contribution < 1.29 is 0 Å². The molecule has 0 aliphatic carbocycles. The van der Waals surface area contributed by atoms with Gasteiger partial charge in [0.15, 0.2) is 10.6 Å². The highest BCUT2D eigenvalue weighted by Gasteiger charge is 2.11. The van der Waals surface area contributed by atoms with Crippen LogP contribution in [0.3, 0.4) is 0 Å². The minimum atomic E-state index is 0.600. The van der Waals surface area contributed by atoms with Crippen LogP contribution < -0.4 is 0 Å². The van der Waals surface area contributed by atoms with Crippen LogP contribution in [0.1, 0.15) is 5.56 Å². The molecule has 3 rings (SSSR count). The Bertz CT molecular complexity index is 914. The Morgan fingerprint density at radius 1 is 1.00 bits per heavy atom. The molecular weight excluding hydrogens is 375 g/mol. The number of rotatable bonds is 5. The summed E-state index contributed by atoms with van der Waals surface area (Å²) in [6.07, 6.45) is 0. The van der Waals surface area contributed by atoms with Crippen LogP contribution in [0.25, 0.3) is 11.4 Å². The standard InChI is InChI=1S/C18H18Cl2N4S/c1-22(11-13-3-7-15(19)8-4-13)12-24-18(25)23(2)17(21-24)14-5-9-16(20)10-6-14/h3-10H,11-12H2,1-2H3. The largest absolute Gasteiger partial charge is 0.303 e. The molecule has 0 atom stereocenters. The first-order valence-corrected chi connectivity index (χ1v) is 8.93. The summed E-state index contributed by atoms with van der Waals surface area (Å²) < 4.78 is 4.41. The van der Waals surface area contributed by atoms with Gasteiger partial charge in [-0.05, 0) is 61.2 Å². The molecule has 3 aromatic rings. The molecule has 0 saturated heterocycles. The van der Waals surface area contributed by atoms with Crippen molar-refractivity contribution in [2.24, 2.45) is 7.05 Å². The zero-order valence-corrected chi connectivity index (χ0v) is 16.3. The smallest absolute Gasteiger partial charge is 0.199 e. The first kappa shape index (κ1) is 18.1. The van der Waals surface area contributed by atoms with E-state index in [9.17, 15) is 0 Å². The first-order valence-electron chi connectivity index (χ1n) is 7.77. The fourth-order valence-electron chi connectivity index (χ4n) is 2.61. The normalized spacial score (nSPS) is 11.2. The third kappa shape index (κ3) is 4.30. The van der Waals surface area contributed by atoms with Crippen LogP contribution in [0, 0.1) is 4.77 Å². The van der Waals surface area contributed by atoms with Gasteiger partial charge in [0.25, 0.3) is 0 Å². The maximum Gasteiger partial charge on any atom is 0.199 e. The van der Waals surface area contributed by atoms with Crippen LogP contribution in [0.2, 0.25) is 10.0 Å². The number of benzene rings is 2. The van der Waals surface area contributed by atoms with Gasteiger partial charge in [-0.15, -0.1) is 0 Å². The average molecular weight is 393 g/mol. The van der Waals surface area contributed by atoms with Crippen LogP contribution in [-0.4, -0.2) is 26.3 Å². The fourth-order valence-corrected chi connectivity index (χ4v) is 3.05. The summed E-state index contributed by atoms with van der Waals surface area (Å²) in [4.78, 5) is 2.15. The zero-order chi connectivity index (χ0) is 18.0. The lowest BCUT2D eigenvalue weighted by Gasteiger charge is -2.16. The molecule has 0 unspecified atom stereocenters. The molecule has 0 N–H and O–H groups in total. The highest BCUT2D eigenvalue weighted by atomic mass is 35.5. The average Bonchev–Trinajstić information content (AvgIpc) is 2.86. The van der Waals surface area contributed by atoms with Gasteiger partial charge in [0.05, 0.1) is 6.67 Å². The summed E-state index contributed by atoms with van der Waals surface area (Å²) in [5.74, 6) is 0.821. The Hall–Kier alpha value is -1.66. The monoisotopic (exact) mass is 392 g/mol. The van der Waals surface area contributed by atoms with Crippen molar-refractivity contribution in [2.75, 3.05) is 7.05 Å². The Kier molecular flexibility index (Phi) is 5.59. The maximum atomic E-state index is 5.96. The summed E-state index contributed by atoms with van der Waals surface area (Å²) >= 11 is 17.4. The molecule has 0 bridgehead atoms. The lowest BCUT2D eigenvalue weighted by atomic mass is 10.2. The SMILES string of the molecule is CN(Cc1ccc(Cl)cc1)Cn1nc(-c2ccc(Cl)cc2)n(C)c1=S. The van der Waals surface area contributed by atoms with Gasteiger partial charge in [-0.25, -0.2) is 4.68 Å². The molecule has 0 aliphatic rings. The molecule has 7 heteroatoms. The maximum absolute atomic E-state index is 5.96. The van der Waals surface area contributed by atoms with Crippen molar-refractivity contribution in [1.82, 2.24) is 19.2 Å². The summed E-state index contributed by atoms with van der Waals surface area (Å²) in [6.45, 7) is 1.38. The molecule has 0 amide bonds. The van der Waals surface area contributed by atoms with Crippen molar-refractivity contribution >= 4 is 35.4 Å². The summed E-state index contributed by atoms with van der Waals surface area (Å²) in [6, 6.07) is 15.4. The van der Waals surface area contributed by atoms with E-state index in [2.05, 4.69) is 10.00 Å². The van der Waals surface area contributed by atoms with Gasteiger partial charge in [-0.2, -0.15) is 5.10 Å². The van der Waals surface area contributed by atoms with E-state index in [0.29, 0.717) is 16.5 Å². The second-order valence-corrected chi connectivity index (χ2v) is 7.19. The third-order valence-electron chi connectivity index (χ3n) is 3.88. The summed E-state index contributed by atoms with van der Waals surface area (Å²) in [5.41, 5.74) is 2.17. The molecule has 4 nitrogen and oxygen atoms in total. The van der Waals surface area contributed by atoms with Gasteiger partial charge in [0.1, 0.15) is 0 Å². The van der Waals surface area contributed by atoms with Crippen molar-refractivity contribution in [3.63, 3.8) is 0 Å². The second-order valence-electron chi connectivity index (χ2n) is 5.95. The zero-order valence-electron chi connectivity index (χ0n) is 14.0. The minimum Gasteiger partial charge on any atom is -0.303 e. The number of nitrogens with zero attached hydrogens (tertiary/aromatic N) is 4. The lowest BCUT2D eigenvalue weighted by molar-refractivity contribution is 0.244. The Morgan fingerprint density at radius 3 is 2.16 bits per heavy atom. The van der Waals surface area contributed by atoms with Crippen LogP contribution >= 0.6 is 35.4 Å². The van der Waals surface area contributed by atoms with E-state index in [-0.39, 0.29) is 0 Å². The number of halogens is 2. The molecule has 1 aromatic heterocycles. The topological polar surface area (TPSA) is 26.0 Å². The first-order chi connectivity index (χ1) is 11.9. The quantitative estimate of drug-likeness (QED) is 0.570. The Morgan fingerprint density at radius 2 is 1.56 bits per heavy atom. The number of hydrogen-bond donors (Lipinski definition) is 0. The summed E-state index contributed by atoms with van der Waals surface area (Å²) in [5, 5.41) is 6.12. The van der Waals surface area contributed by atoms with Gasteiger partial charge < -0.3 is 4.57 Å². The predicted octanol–water partition coefficient (Wildman–Crippen LogP) is 5.01. The molecule has 0 saturated carbocycles. The van der Waals surface area contributed by atoms with E-state index in [0.717, 1.165) is 23.0 Å². The molecule has 130 valence electrons. The van der Waals surface area contributed by atoms with Crippen LogP contribution in [0.5, 0.6) is 0 Å². The van der Waals surface area contributed by atoms with Crippen LogP contribution in [0.15, 0.2) is 48.5 Å². The molecule has 0 spiro atoms. The summed E-state index contributed by atoms with van der Waals surface area (Å²) in [7, 11) is 3.96. The second kappa shape index (κ2) is 7.70. The molecule has 0 aliphatic heterocycles. The van der Waals surface area contributed by atoms with E-state index >= 15 is 0 Å². The molecule has 0 fully saturated rings. The van der Waals surface area contributed by atoms with Gasteiger partial charge in [0.2, 0.25) is 0 Å². The van der Waals surface area contributed by atoms with E-state index < -0.39 is 0 Å². The molecular formula is C18H18Cl2N4S. The Labute approximate surface area is 162 Å². The van der Waals surface area contributed by atoms with Crippen LogP contribution in [0.4, 0.5) is 0 Å². The van der Waals surface area contributed by atoms with Gasteiger partial charge in [-0.1, -0.05) is 35.3 Å². The van der Waals surface area contributed by atoms with Crippen molar-refractivity contribution in [3.8, 4) is 11.4 Å². The highest BCUT2D eigenvalue weighted by molar-refractivity contribution is 7.71. The molecule has 0 radical (unpaired) electrons. The lowest BCUT2D eigenvalue weighted by Crippen LogP contribution is -2.22. The van der Waals surface area contributed by atoms with Gasteiger partial charge in [-0.3, -0.25) is 4.90 Å². The minimum absolute atomic E-state index is 0.600. The predicted molar refractivity (Wildman–Crippen MR) is 105 cm³/mol. The van der Waals surface area contributed by atoms with Crippen molar-refractivity contribution in [3.05, 3.63) is 68.9 Å². The highest BCUT2D eigenvalue weighted by Crippen LogP contribution is 2.20. The molecule has 2 aromatic carbocycles. The van der Waals surface area contributed by atoms with E-state index in [1.54, 1.807) is 0 Å². The van der Waals surface area contributed by atoms with Crippen molar-refractivity contribution in [2.45, 2.75) is 13.2 Å².